The van der Waals surface area contributed by atoms with Gasteiger partial charge in [-0.3, -0.25) is 0 Å². The van der Waals surface area contributed by atoms with Crippen molar-refractivity contribution in [2.24, 2.45) is 0 Å². The third-order valence-electron chi connectivity index (χ3n) is 4.20. The first-order chi connectivity index (χ1) is 10.7. The van der Waals surface area contributed by atoms with Gasteiger partial charge in [-0.25, -0.2) is 4.79 Å². The predicted octanol–water partition coefficient (Wildman–Crippen LogP) is 2.48. The number of aliphatic hydroxyl groups is 1. The largest absolute Gasteiger partial charge is 0.393 e. The van der Waals surface area contributed by atoms with E-state index in [1.54, 1.807) is 4.90 Å². The van der Waals surface area contributed by atoms with Gasteiger partial charge >= 0.3 is 6.03 Å². The molecule has 2 N–H and O–H groups in total. The Balaban J connectivity index is 1.65. The van der Waals surface area contributed by atoms with Gasteiger partial charge in [-0.1, -0.05) is 18.2 Å². The summed E-state index contributed by atoms with van der Waals surface area (Å²) in [5, 5.41) is 12.5. The molecule has 3 rings (SSSR count). The van der Waals surface area contributed by atoms with Gasteiger partial charge in [-0.2, -0.15) is 0 Å². The van der Waals surface area contributed by atoms with Crippen molar-refractivity contribution in [3.05, 3.63) is 35.9 Å². The molecule has 5 nitrogen and oxygen atoms in total. The standard InChI is InChI=1S/C17H22N2O3/c20-16-4-8-19(9-5-16)17(21)18-15-3-1-2-14(12-15)13-6-10-22-11-7-13/h1-3,6,12,16,20H,4-5,7-11H2,(H,18,21). The van der Waals surface area contributed by atoms with Crippen LogP contribution in [0.2, 0.25) is 0 Å². The van der Waals surface area contributed by atoms with Crippen molar-refractivity contribution in [1.29, 1.82) is 0 Å². The Hall–Kier alpha value is -1.85. The molecule has 0 spiro atoms. The maximum Gasteiger partial charge on any atom is 0.321 e. The molecule has 2 heterocycles. The maximum atomic E-state index is 12.3. The highest BCUT2D eigenvalue weighted by Gasteiger charge is 2.21. The summed E-state index contributed by atoms with van der Waals surface area (Å²) in [7, 11) is 0. The van der Waals surface area contributed by atoms with E-state index in [2.05, 4.69) is 17.5 Å². The van der Waals surface area contributed by atoms with Gasteiger partial charge in [0.25, 0.3) is 0 Å². The topological polar surface area (TPSA) is 61.8 Å². The van der Waals surface area contributed by atoms with Crippen molar-refractivity contribution >= 4 is 17.3 Å². The Morgan fingerprint density at radius 3 is 2.86 bits per heavy atom. The quantitative estimate of drug-likeness (QED) is 0.882. The van der Waals surface area contributed by atoms with E-state index in [-0.39, 0.29) is 12.1 Å². The van der Waals surface area contributed by atoms with Gasteiger partial charge in [0.05, 0.1) is 19.3 Å². The van der Waals surface area contributed by atoms with Crippen LogP contribution in [0.4, 0.5) is 10.5 Å². The number of ether oxygens (including phenoxy) is 1. The Morgan fingerprint density at radius 2 is 2.14 bits per heavy atom. The number of hydrogen-bond acceptors (Lipinski definition) is 3. The molecule has 1 fully saturated rings. The molecule has 2 aliphatic rings. The highest BCUT2D eigenvalue weighted by molar-refractivity contribution is 5.90. The highest BCUT2D eigenvalue weighted by atomic mass is 16.5. The average molecular weight is 302 g/mol. The number of aliphatic hydroxyl groups excluding tert-OH is 1. The van der Waals surface area contributed by atoms with Crippen LogP contribution in [-0.2, 0) is 4.74 Å². The van der Waals surface area contributed by atoms with E-state index in [0.717, 1.165) is 24.3 Å². The fourth-order valence-corrected chi connectivity index (χ4v) is 2.86. The number of carbonyl (C=O) groups is 1. The van der Waals surface area contributed by atoms with Gasteiger partial charge in [0.2, 0.25) is 0 Å². The molecule has 0 unspecified atom stereocenters. The molecular weight excluding hydrogens is 280 g/mol. The number of urea groups is 1. The van der Waals surface area contributed by atoms with Crippen molar-refractivity contribution < 1.29 is 14.6 Å². The number of nitrogens with zero attached hydrogens (tertiary/aromatic N) is 1. The van der Waals surface area contributed by atoms with Crippen molar-refractivity contribution in [3.8, 4) is 0 Å². The van der Waals surface area contributed by atoms with Crippen LogP contribution in [0.25, 0.3) is 5.57 Å². The molecule has 1 aromatic rings. The minimum Gasteiger partial charge on any atom is -0.393 e. The van der Waals surface area contributed by atoms with Crippen LogP contribution < -0.4 is 5.32 Å². The second kappa shape index (κ2) is 6.94. The van der Waals surface area contributed by atoms with Gasteiger partial charge in [0.1, 0.15) is 0 Å². The Labute approximate surface area is 130 Å². The molecule has 2 aliphatic heterocycles. The first-order valence-electron chi connectivity index (χ1n) is 7.83. The lowest BCUT2D eigenvalue weighted by molar-refractivity contribution is 0.0972. The fourth-order valence-electron chi connectivity index (χ4n) is 2.86. The maximum absolute atomic E-state index is 12.3. The van der Waals surface area contributed by atoms with Crippen LogP contribution in [0.1, 0.15) is 24.8 Å². The number of carbonyl (C=O) groups excluding carboxylic acids is 1. The van der Waals surface area contributed by atoms with Crippen LogP contribution in [-0.4, -0.2) is 48.4 Å². The molecule has 0 atom stereocenters. The highest BCUT2D eigenvalue weighted by Crippen LogP contribution is 2.24. The third kappa shape index (κ3) is 3.67. The predicted molar refractivity (Wildman–Crippen MR) is 85.7 cm³/mol. The van der Waals surface area contributed by atoms with Gasteiger partial charge in [-0.15, -0.1) is 0 Å². The van der Waals surface area contributed by atoms with E-state index in [0.29, 0.717) is 32.5 Å². The molecule has 22 heavy (non-hydrogen) atoms. The van der Waals surface area contributed by atoms with Gasteiger partial charge < -0.3 is 20.1 Å². The van der Waals surface area contributed by atoms with E-state index in [1.807, 2.05) is 18.2 Å². The second-order valence-electron chi connectivity index (χ2n) is 5.78. The number of hydrogen-bond donors (Lipinski definition) is 2. The zero-order valence-corrected chi connectivity index (χ0v) is 12.6. The van der Waals surface area contributed by atoms with E-state index < -0.39 is 0 Å². The first kappa shape index (κ1) is 15.1. The van der Waals surface area contributed by atoms with Crippen LogP contribution in [0.15, 0.2) is 30.3 Å². The van der Waals surface area contributed by atoms with Gasteiger partial charge in [0.15, 0.2) is 0 Å². The second-order valence-corrected chi connectivity index (χ2v) is 5.78. The van der Waals surface area contributed by atoms with Crippen molar-refractivity contribution in [2.75, 3.05) is 31.6 Å². The molecule has 0 radical (unpaired) electrons. The summed E-state index contributed by atoms with van der Waals surface area (Å²) in [6.45, 7) is 2.62. The lowest BCUT2D eigenvalue weighted by Gasteiger charge is -2.29. The van der Waals surface area contributed by atoms with E-state index in [4.69, 9.17) is 4.74 Å². The number of rotatable bonds is 2. The summed E-state index contributed by atoms with van der Waals surface area (Å²) in [4.78, 5) is 14.0. The number of benzene rings is 1. The monoisotopic (exact) mass is 302 g/mol. The SMILES string of the molecule is O=C(Nc1cccc(C2=CCOCC2)c1)N1CCC(O)CC1. The number of amides is 2. The molecule has 0 aromatic heterocycles. The summed E-state index contributed by atoms with van der Waals surface area (Å²) in [6, 6.07) is 7.84. The molecule has 2 amide bonds. The summed E-state index contributed by atoms with van der Waals surface area (Å²) in [5.74, 6) is 0. The molecule has 5 heteroatoms. The molecule has 1 saturated heterocycles. The summed E-state index contributed by atoms with van der Waals surface area (Å²) in [6.07, 6.45) is 4.03. The number of anilines is 1. The zero-order valence-electron chi connectivity index (χ0n) is 12.6. The lowest BCUT2D eigenvalue weighted by atomic mass is 10.0. The number of likely N-dealkylation sites (tertiary alicyclic amines) is 1. The lowest BCUT2D eigenvalue weighted by Crippen LogP contribution is -2.42. The summed E-state index contributed by atoms with van der Waals surface area (Å²) < 4.78 is 5.33. The van der Waals surface area contributed by atoms with Gasteiger partial charge in [0, 0.05) is 18.8 Å². The molecular formula is C17H22N2O3. The van der Waals surface area contributed by atoms with Crippen LogP contribution in [0.3, 0.4) is 0 Å². The number of piperidine rings is 1. The van der Waals surface area contributed by atoms with Crippen LogP contribution in [0, 0.1) is 0 Å². The van der Waals surface area contributed by atoms with Crippen molar-refractivity contribution in [2.45, 2.75) is 25.4 Å². The fraction of sp³-hybridized carbons (Fsp3) is 0.471. The Kier molecular flexibility index (Phi) is 4.75. The van der Waals surface area contributed by atoms with E-state index in [1.165, 1.54) is 5.57 Å². The van der Waals surface area contributed by atoms with Crippen molar-refractivity contribution in [3.63, 3.8) is 0 Å². The normalized spacial score (nSPS) is 19.7. The summed E-state index contributed by atoms with van der Waals surface area (Å²) in [5.41, 5.74) is 3.21. The average Bonchev–Trinajstić information content (AvgIpc) is 2.56. The molecule has 118 valence electrons. The minimum atomic E-state index is -0.271. The third-order valence-corrected chi connectivity index (χ3v) is 4.20. The first-order valence-corrected chi connectivity index (χ1v) is 7.83. The van der Waals surface area contributed by atoms with Crippen LogP contribution in [0.5, 0.6) is 0 Å². The number of nitrogens with one attached hydrogen (secondary N) is 1. The smallest absolute Gasteiger partial charge is 0.321 e. The Bertz CT molecular complexity index is 563. The molecule has 0 bridgehead atoms. The van der Waals surface area contributed by atoms with Crippen molar-refractivity contribution in [1.82, 2.24) is 4.90 Å². The molecule has 0 aliphatic carbocycles. The molecule has 1 aromatic carbocycles. The summed E-state index contributed by atoms with van der Waals surface area (Å²) >= 11 is 0. The van der Waals surface area contributed by atoms with E-state index >= 15 is 0 Å². The zero-order chi connectivity index (χ0) is 15.4. The van der Waals surface area contributed by atoms with Crippen LogP contribution >= 0.6 is 0 Å². The Morgan fingerprint density at radius 1 is 1.32 bits per heavy atom. The molecule has 0 saturated carbocycles. The van der Waals surface area contributed by atoms with Gasteiger partial charge in [-0.05, 0) is 42.5 Å². The van der Waals surface area contributed by atoms with E-state index in [9.17, 15) is 9.90 Å². The minimum absolute atomic E-state index is 0.0926.